The van der Waals surface area contributed by atoms with Gasteiger partial charge >= 0.3 is 6.72 Å². The Morgan fingerprint density at radius 3 is 2.25 bits per heavy atom. The molecule has 0 saturated carbocycles. The van der Waals surface area contributed by atoms with Crippen LogP contribution in [0.4, 0.5) is 5.69 Å². The van der Waals surface area contributed by atoms with Crippen LogP contribution in [0.5, 0.6) is 0 Å². The van der Waals surface area contributed by atoms with Crippen molar-refractivity contribution in [1.82, 2.24) is 0 Å². The molecule has 0 spiro atoms. The molecule has 0 saturated heterocycles. The predicted molar refractivity (Wildman–Crippen MR) is 61.8 cm³/mol. The topological polar surface area (TPSA) is 104 Å². The van der Waals surface area contributed by atoms with Gasteiger partial charge in [0.1, 0.15) is 0 Å². The van der Waals surface area contributed by atoms with E-state index in [4.69, 9.17) is 14.7 Å². The molecule has 0 unspecified atom stereocenters. The van der Waals surface area contributed by atoms with E-state index in [9.17, 15) is 10.1 Å². The molecule has 0 aliphatic carbocycles. The second kappa shape index (κ2) is 4.57. The van der Waals surface area contributed by atoms with Gasteiger partial charge in [-0.2, -0.15) is 0 Å². The van der Waals surface area contributed by atoms with Crippen molar-refractivity contribution >= 4 is 23.3 Å². The molecule has 0 radical (unpaired) electrons. The van der Waals surface area contributed by atoms with E-state index in [-0.39, 0.29) is 5.69 Å². The first-order valence-corrected chi connectivity index (χ1v) is 7.30. The number of nitro benzene ring substituents is 1. The van der Waals surface area contributed by atoms with Gasteiger partial charge in [0, 0.05) is 23.3 Å². The van der Waals surface area contributed by atoms with E-state index in [1.807, 2.05) is 0 Å². The molecule has 0 bridgehead atoms. The zero-order valence-electron chi connectivity index (χ0n) is 8.62. The minimum Gasteiger partial charge on any atom is -0.289 e. The van der Waals surface area contributed by atoms with E-state index in [0.717, 1.165) is 0 Å². The molecular formula is C8H11NO5PS+. The van der Waals surface area contributed by atoms with Crippen LogP contribution in [-0.4, -0.2) is 19.6 Å². The Morgan fingerprint density at radius 2 is 1.81 bits per heavy atom. The van der Waals surface area contributed by atoms with Crippen molar-refractivity contribution in [3.05, 3.63) is 33.4 Å². The highest BCUT2D eigenvalue weighted by molar-refractivity contribution is 8.16. The van der Waals surface area contributed by atoms with Crippen LogP contribution in [0.25, 0.3) is 0 Å². The van der Waals surface area contributed by atoms with Crippen LogP contribution >= 0.6 is 6.72 Å². The number of hydrogen-bond donors (Lipinski definition) is 3. The quantitative estimate of drug-likeness (QED) is 0.323. The summed E-state index contributed by atoms with van der Waals surface area (Å²) in [5.74, 6) is 0. The normalized spacial score (nSPS) is 11.3. The molecule has 1 aromatic carbocycles. The summed E-state index contributed by atoms with van der Waals surface area (Å²) in [5.41, 5.74) is 0.976. The summed E-state index contributed by atoms with van der Waals surface area (Å²) in [4.78, 5) is 37.3. The molecule has 16 heavy (non-hydrogen) atoms. The van der Waals surface area contributed by atoms with Crippen molar-refractivity contribution in [2.45, 2.75) is 18.7 Å². The monoisotopic (exact) mass is 264 g/mol. The number of nitro groups is 1. The Kier molecular flexibility index (Phi) is 3.77. The van der Waals surface area contributed by atoms with E-state index < -0.39 is 11.6 Å². The van der Waals surface area contributed by atoms with Gasteiger partial charge in [0.05, 0.1) is 4.92 Å². The van der Waals surface area contributed by atoms with Gasteiger partial charge < -0.3 is 0 Å². The summed E-state index contributed by atoms with van der Waals surface area (Å²) in [5, 5.41) is 10.6. The van der Waals surface area contributed by atoms with Gasteiger partial charge in [-0.25, -0.2) is 0 Å². The standard InChI is InChI=1S/C8H11NO5PS/c1-5-6(2)8(16-15(12,13)14)4-3-7(5)9(10)11/h3-4,12-14H,1-2H3/q+1. The number of hydrogen-bond acceptors (Lipinski definition) is 2. The molecule has 0 aliphatic rings. The fourth-order valence-electron chi connectivity index (χ4n) is 1.21. The van der Waals surface area contributed by atoms with Gasteiger partial charge in [0.15, 0.2) is 0 Å². The Morgan fingerprint density at radius 1 is 1.25 bits per heavy atom. The van der Waals surface area contributed by atoms with Crippen molar-refractivity contribution in [3.8, 4) is 0 Å². The highest BCUT2D eigenvalue weighted by atomic mass is 32.5. The highest BCUT2D eigenvalue weighted by Crippen LogP contribution is 2.35. The van der Waals surface area contributed by atoms with Crippen LogP contribution in [0.3, 0.4) is 0 Å². The molecule has 1 rings (SSSR count). The summed E-state index contributed by atoms with van der Waals surface area (Å²) in [7, 11) is 0.517. The van der Waals surface area contributed by atoms with Gasteiger partial charge in [0.2, 0.25) is 4.90 Å². The molecule has 6 nitrogen and oxygen atoms in total. The van der Waals surface area contributed by atoms with Crippen molar-refractivity contribution < 1.29 is 19.6 Å². The Hall–Kier alpha value is -0.850. The molecule has 8 heteroatoms. The lowest BCUT2D eigenvalue weighted by molar-refractivity contribution is -0.385. The second-order valence-electron chi connectivity index (χ2n) is 3.19. The Balaban J connectivity index is 3.39. The first-order valence-electron chi connectivity index (χ1n) is 4.24. The summed E-state index contributed by atoms with van der Waals surface area (Å²) in [6.07, 6.45) is 0. The lowest BCUT2D eigenvalue weighted by atomic mass is 10.1. The van der Waals surface area contributed by atoms with Crippen LogP contribution in [-0.2, 0) is 10.9 Å². The molecular weight excluding hydrogens is 253 g/mol. The van der Waals surface area contributed by atoms with Gasteiger partial charge in [-0.05, 0) is 13.8 Å². The van der Waals surface area contributed by atoms with E-state index in [1.165, 1.54) is 12.1 Å². The fourth-order valence-corrected chi connectivity index (χ4v) is 3.28. The smallest absolute Gasteiger partial charge is 0.289 e. The average Bonchev–Trinajstić information content (AvgIpc) is 2.10. The molecule has 1 aromatic rings. The summed E-state index contributed by atoms with van der Waals surface area (Å²) >= 11 is 0. The lowest BCUT2D eigenvalue weighted by Gasteiger charge is -1.99. The Bertz CT molecular complexity index is 487. The first-order chi connectivity index (χ1) is 7.22. The number of benzene rings is 1. The summed E-state index contributed by atoms with van der Waals surface area (Å²) < 4.78 is 0. The molecule has 0 aromatic heterocycles. The molecule has 0 aliphatic heterocycles. The van der Waals surface area contributed by atoms with E-state index in [2.05, 4.69) is 0 Å². The summed E-state index contributed by atoms with van der Waals surface area (Å²) in [6, 6.07) is 2.67. The maximum absolute atomic E-state index is 10.6. The maximum Gasteiger partial charge on any atom is 0.521 e. The minimum absolute atomic E-state index is 0.0281. The van der Waals surface area contributed by atoms with Crippen LogP contribution in [0.1, 0.15) is 11.1 Å². The first kappa shape index (κ1) is 13.2. The van der Waals surface area contributed by atoms with Gasteiger partial charge in [-0.3, -0.25) is 24.8 Å². The Labute approximate surface area is 95.5 Å². The average molecular weight is 264 g/mol. The molecule has 3 N–H and O–H groups in total. The number of rotatable bonds is 2. The third kappa shape index (κ3) is 3.07. The zero-order valence-corrected chi connectivity index (χ0v) is 10.3. The van der Waals surface area contributed by atoms with E-state index in [0.29, 0.717) is 27.0 Å². The second-order valence-corrected chi connectivity index (χ2v) is 6.86. The van der Waals surface area contributed by atoms with Crippen LogP contribution < -0.4 is 0 Å². The molecule has 0 fully saturated rings. The molecule has 0 atom stereocenters. The summed E-state index contributed by atoms with van der Waals surface area (Å²) in [6.45, 7) is -0.778. The van der Waals surface area contributed by atoms with Crippen molar-refractivity contribution in [3.63, 3.8) is 0 Å². The van der Waals surface area contributed by atoms with Crippen LogP contribution in [0.15, 0.2) is 17.0 Å². The predicted octanol–water partition coefficient (Wildman–Crippen LogP) is 1.31. The van der Waals surface area contributed by atoms with Crippen LogP contribution in [0, 0.1) is 24.0 Å². The molecule has 0 heterocycles. The van der Waals surface area contributed by atoms with Gasteiger partial charge in [-0.1, -0.05) is 0 Å². The van der Waals surface area contributed by atoms with E-state index in [1.54, 1.807) is 13.8 Å². The van der Waals surface area contributed by atoms with E-state index >= 15 is 0 Å². The largest absolute Gasteiger partial charge is 0.521 e. The maximum atomic E-state index is 10.6. The zero-order chi connectivity index (χ0) is 12.5. The SMILES string of the molecule is Cc1c([S+]=P(O)(O)O)ccc([N+](=O)[O-])c1C. The van der Waals surface area contributed by atoms with Crippen LogP contribution in [0.2, 0.25) is 0 Å². The van der Waals surface area contributed by atoms with Crippen molar-refractivity contribution in [1.29, 1.82) is 0 Å². The third-order valence-electron chi connectivity index (χ3n) is 2.13. The van der Waals surface area contributed by atoms with Gasteiger partial charge in [0.25, 0.3) is 16.6 Å². The number of nitrogens with zero attached hydrogens (tertiary/aromatic N) is 1. The van der Waals surface area contributed by atoms with Crippen molar-refractivity contribution in [2.24, 2.45) is 0 Å². The van der Waals surface area contributed by atoms with Crippen molar-refractivity contribution in [2.75, 3.05) is 0 Å². The molecule has 0 amide bonds. The fraction of sp³-hybridized carbons (Fsp3) is 0.250. The van der Waals surface area contributed by atoms with Gasteiger partial charge in [-0.15, -0.1) is 0 Å². The lowest BCUT2D eigenvalue weighted by Crippen LogP contribution is -1.96. The highest BCUT2D eigenvalue weighted by Gasteiger charge is 2.26. The third-order valence-corrected chi connectivity index (χ3v) is 4.34. The minimum atomic E-state index is -3.98. The molecule has 88 valence electrons.